The van der Waals surface area contributed by atoms with Crippen LogP contribution in [0.25, 0.3) is 0 Å². The number of nitrogens with zero attached hydrogens (tertiary/aromatic N) is 2. The van der Waals surface area contributed by atoms with Crippen molar-refractivity contribution in [2.75, 3.05) is 19.7 Å². The van der Waals surface area contributed by atoms with Crippen molar-refractivity contribution in [1.82, 2.24) is 9.62 Å². The number of sulfonamides is 1. The van der Waals surface area contributed by atoms with Gasteiger partial charge in [-0.2, -0.15) is 9.57 Å². The van der Waals surface area contributed by atoms with Crippen LogP contribution in [0.15, 0.2) is 29.2 Å². The molecule has 2 aliphatic heterocycles. The third-order valence-corrected chi connectivity index (χ3v) is 7.30. The van der Waals surface area contributed by atoms with Crippen LogP contribution < -0.4 is 5.32 Å². The van der Waals surface area contributed by atoms with Gasteiger partial charge >= 0.3 is 0 Å². The van der Waals surface area contributed by atoms with Gasteiger partial charge in [0.25, 0.3) is 0 Å². The largest absolute Gasteiger partial charge is 0.376 e. The van der Waals surface area contributed by atoms with Crippen molar-refractivity contribution < 1.29 is 17.9 Å². The molecule has 2 aliphatic rings. The van der Waals surface area contributed by atoms with Crippen molar-refractivity contribution in [2.24, 2.45) is 5.92 Å². The highest BCUT2D eigenvalue weighted by molar-refractivity contribution is 7.89. The first-order valence-electron chi connectivity index (χ1n) is 9.34. The van der Waals surface area contributed by atoms with E-state index in [1.807, 2.05) is 13.0 Å². The first-order chi connectivity index (χ1) is 12.9. The van der Waals surface area contributed by atoms with Gasteiger partial charge in [-0.15, -0.1) is 0 Å². The summed E-state index contributed by atoms with van der Waals surface area (Å²) in [6.45, 7) is 3.24. The average molecular weight is 391 g/mol. The standard InChI is InChI=1S/C19H25N3O4S/c1-14(17-6-4-12-26-17)21-19(23)15-8-10-22(11-9-15)27(24,25)18-7-3-2-5-16(18)13-20/h2-3,5,7,14-15,17H,4,6,8-12H2,1H3,(H,21,23)/t14-,17-/m1/s1. The number of carbonyl (C=O) groups is 1. The lowest BCUT2D eigenvalue weighted by Crippen LogP contribution is -2.47. The summed E-state index contributed by atoms with van der Waals surface area (Å²) in [7, 11) is -3.73. The number of ether oxygens (including phenoxy) is 1. The molecule has 1 N–H and O–H groups in total. The van der Waals surface area contributed by atoms with E-state index in [2.05, 4.69) is 5.32 Å². The first kappa shape index (κ1) is 19.8. The van der Waals surface area contributed by atoms with E-state index in [9.17, 15) is 18.5 Å². The molecule has 1 amide bonds. The zero-order chi connectivity index (χ0) is 19.4. The molecule has 7 nitrogen and oxygen atoms in total. The molecule has 2 atom stereocenters. The van der Waals surface area contributed by atoms with Gasteiger partial charge in [-0.1, -0.05) is 12.1 Å². The summed E-state index contributed by atoms with van der Waals surface area (Å²) in [5.41, 5.74) is 0.141. The van der Waals surface area contributed by atoms with Crippen LogP contribution in [0.1, 0.15) is 38.2 Å². The summed E-state index contributed by atoms with van der Waals surface area (Å²) in [6.07, 6.45) is 2.98. The fraction of sp³-hybridized carbons (Fsp3) is 0.579. The molecule has 0 spiro atoms. The Balaban J connectivity index is 1.59. The second kappa shape index (κ2) is 8.38. The number of piperidine rings is 1. The Labute approximate surface area is 160 Å². The highest BCUT2D eigenvalue weighted by Gasteiger charge is 2.34. The van der Waals surface area contributed by atoms with Gasteiger partial charge in [0.2, 0.25) is 15.9 Å². The van der Waals surface area contributed by atoms with Crippen LogP contribution in [0, 0.1) is 17.2 Å². The molecule has 27 heavy (non-hydrogen) atoms. The summed E-state index contributed by atoms with van der Waals surface area (Å²) in [5.74, 6) is -0.237. The maximum atomic E-state index is 12.9. The van der Waals surface area contributed by atoms with E-state index in [4.69, 9.17) is 4.74 Å². The lowest BCUT2D eigenvalue weighted by atomic mass is 9.96. The van der Waals surface area contributed by atoms with Gasteiger partial charge in [0, 0.05) is 25.6 Å². The normalized spacial score (nSPS) is 22.9. The Hall–Kier alpha value is -1.95. The molecular weight excluding hydrogens is 366 g/mol. The molecular formula is C19H25N3O4S. The van der Waals surface area contributed by atoms with E-state index in [1.165, 1.54) is 16.4 Å². The molecule has 2 fully saturated rings. The summed E-state index contributed by atoms with van der Waals surface area (Å²) in [6, 6.07) is 8.10. The van der Waals surface area contributed by atoms with Crippen LogP contribution in [0.3, 0.4) is 0 Å². The number of benzene rings is 1. The highest BCUT2D eigenvalue weighted by Crippen LogP contribution is 2.26. The van der Waals surface area contributed by atoms with E-state index in [1.54, 1.807) is 12.1 Å². The highest BCUT2D eigenvalue weighted by atomic mass is 32.2. The molecule has 0 radical (unpaired) electrons. The molecule has 8 heteroatoms. The summed E-state index contributed by atoms with van der Waals surface area (Å²) in [4.78, 5) is 12.5. The molecule has 1 aromatic rings. The van der Waals surface area contributed by atoms with Crippen LogP contribution in [0.5, 0.6) is 0 Å². The zero-order valence-corrected chi connectivity index (χ0v) is 16.2. The monoisotopic (exact) mass is 391 g/mol. The molecule has 0 aliphatic carbocycles. The number of nitriles is 1. The third-order valence-electron chi connectivity index (χ3n) is 5.34. The van der Waals surface area contributed by atoms with E-state index in [-0.39, 0.29) is 47.5 Å². The Bertz CT molecular complexity index is 820. The maximum Gasteiger partial charge on any atom is 0.244 e. The van der Waals surface area contributed by atoms with Gasteiger partial charge in [0.05, 0.1) is 22.6 Å². The minimum atomic E-state index is -3.73. The van der Waals surface area contributed by atoms with Gasteiger partial charge < -0.3 is 10.1 Å². The lowest BCUT2D eigenvalue weighted by Gasteiger charge is -2.31. The molecule has 2 saturated heterocycles. The fourth-order valence-electron chi connectivity index (χ4n) is 3.71. The van der Waals surface area contributed by atoms with Crippen molar-refractivity contribution in [1.29, 1.82) is 5.26 Å². The van der Waals surface area contributed by atoms with Crippen molar-refractivity contribution in [2.45, 2.75) is 49.6 Å². The van der Waals surface area contributed by atoms with E-state index in [0.717, 1.165) is 19.4 Å². The zero-order valence-electron chi connectivity index (χ0n) is 15.4. The van der Waals surface area contributed by atoms with Crippen LogP contribution in [0.4, 0.5) is 0 Å². The minimum Gasteiger partial charge on any atom is -0.376 e. The second-order valence-electron chi connectivity index (χ2n) is 7.14. The fourth-order valence-corrected chi connectivity index (χ4v) is 5.33. The van der Waals surface area contributed by atoms with Crippen molar-refractivity contribution >= 4 is 15.9 Å². The summed E-state index contributed by atoms with van der Waals surface area (Å²) < 4.78 is 32.7. The molecule has 1 aromatic carbocycles. The third kappa shape index (κ3) is 4.32. The van der Waals surface area contributed by atoms with Gasteiger partial charge in [-0.3, -0.25) is 4.79 Å². The number of rotatable bonds is 5. The molecule has 3 rings (SSSR count). The quantitative estimate of drug-likeness (QED) is 0.823. The lowest BCUT2D eigenvalue weighted by molar-refractivity contribution is -0.127. The molecule has 0 unspecified atom stereocenters. The van der Waals surface area contributed by atoms with Crippen LogP contribution in [0.2, 0.25) is 0 Å². The maximum absolute atomic E-state index is 12.9. The summed E-state index contributed by atoms with van der Waals surface area (Å²) >= 11 is 0. The SMILES string of the molecule is C[C@@H](NC(=O)C1CCN(S(=O)(=O)c2ccccc2C#N)CC1)[C@H]1CCCO1. The van der Waals surface area contributed by atoms with Gasteiger partial charge in [-0.05, 0) is 44.7 Å². The molecule has 2 heterocycles. The molecule has 0 saturated carbocycles. The van der Waals surface area contributed by atoms with Crippen molar-refractivity contribution in [3.05, 3.63) is 29.8 Å². The smallest absolute Gasteiger partial charge is 0.244 e. The van der Waals surface area contributed by atoms with E-state index < -0.39 is 10.0 Å². The number of nitrogens with one attached hydrogen (secondary N) is 1. The van der Waals surface area contributed by atoms with Crippen molar-refractivity contribution in [3.63, 3.8) is 0 Å². The predicted molar refractivity (Wildman–Crippen MR) is 99.2 cm³/mol. The molecule has 0 aromatic heterocycles. The Morgan fingerprint density at radius 3 is 2.63 bits per heavy atom. The second-order valence-corrected chi connectivity index (χ2v) is 9.04. The Morgan fingerprint density at radius 1 is 1.30 bits per heavy atom. The van der Waals surface area contributed by atoms with Gasteiger partial charge in [0.15, 0.2) is 0 Å². The van der Waals surface area contributed by atoms with E-state index >= 15 is 0 Å². The predicted octanol–water partition coefficient (Wildman–Crippen LogP) is 1.64. The van der Waals surface area contributed by atoms with Crippen LogP contribution in [-0.2, 0) is 19.6 Å². The topological polar surface area (TPSA) is 99.5 Å². The van der Waals surface area contributed by atoms with Gasteiger partial charge in [-0.25, -0.2) is 8.42 Å². The van der Waals surface area contributed by atoms with Crippen LogP contribution >= 0.6 is 0 Å². The number of hydrogen-bond donors (Lipinski definition) is 1. The Kier molecular flexibility index (Phi) is 6.15. The number of amides is 1. The molecule has 146 valence electrons. The first-order valence-corrected chi connectivity index (χ1v) is 10.8. The van der Waals surface area contributed by atoms with Crippen LogP contribution in [-0.4, -0.2) is 50.5 Å². The molecule has 0 bridgehead atoms. The minimum absolute atomic E-state index is 0.0300. The Morgan fingerprint density at radius 2 is 2.00 bits per heavy atom. The average Bonchev–Trinajstić information content (AvgIpc) is 3.23. The number of carbonyl (C=O) groups excluding carboxylic acids is 1. The van der Waals surface area contributed by atoms with E-state index in [0.29, 0.717) is 12.8 Å². The summed E-state index contributed by atoms with van der Waals surface area (Å²) in [5, 5.41) is 12.2. The number of hydrogen-bond acceptors (Lipinski definition) is 5. The van der Waals surface area contributed by atoms with Crippen molar-refractivity contribution in [3.8, 4) is 6.07 Å². The van der Waals surface area contributed by atoms with Gasteiger partial charge in [0.1, 0.15) is 6.07 Å².